The van der Waals surface area contributed by atoms with Gasteiger partial charge >= 0.3 is 6.18 Å². The average Bonchev–Trinajstić information content (AvgIpc) is 2.33. The minimum Gasteiger partial charge on any atom is -0.409 e. The molecular weight excluding hydrogens is 279 g/mol. The van der Waals surface area contributed by atoms with Crippen molar-refractivity contribution in [2.24, 2.45) is 16.8 Å². The SMILES string of the molecule is CC(C)CSc1nc(C(F)(F)F)ccc1C(N)=NO. The van der Waals surface area contributed by atoms with Crippen LogP contribution >= 0.6 is 11.8 Å². The standard InChI is InChI=1S/C11H14F3N3OS/c1-6(2)5-19-10-7(9(15)17-18)3-4-8(16-10)11(12,13)14/h3-4,6,18H,5H2,1-2H3,(H2,15,17). The first-order valence-corrected chi connectivity index (χ1v) is 6.43. The van der Waals surface area contributed by atoms with Crippen molar-refractivity contribution < 1.29 is 18.4 Å². The quantitative estimate of drug-likeness (QED) is 0.294. The summed E-state index contributed by atoms with van der Waals surface area (Å²) in [6.45, 7) is 3.87. The molecule has 0 spiro atoms. The molecule has 1 rings (SSSR count). The maximum atomic E-state index is 12.6. The van der Waals surface area contributed by atoms with Crippen LogP contribution < -0.4 is 5.73 Å². The molecule has 0 aromatic carbocycles. The summed E-state index contributed by atoms with van der Waals surface area (Å²) in [6, 6.07) is 1.97. The van der Waals surface area contributed by atoms with Gasteiger partial charge in [-0.1, -0.05) is 19.0 Å². The molecule has 3 N–H and O–H groups in total. The molecule has 8 heteroatoms. The van der Waals surface area contributed by atoms with Crippen molar-refractivity contribution in [3.05, 3.63) is 23.4 Å². The highest BCUT2D eigenvalue weighted by Gasteiger charge is 2.33. The largest absolute Gasteiger partial charge is 0.433 e. The first-order chi connectivity index (χ1) is 8.75. The van der Waals surface area contributed by atoms with Crippen molar-refractivity contribution in [2.45, 2.75) is 25.0 Å². The van der Waals surface area contributed by atoms with Gasteiger partial charge in [-0.3, -0.25) is 0 Å². The van der Waals surface area contributed by atoms with E-state index in [1.165, 1.54) is 0 Å². The second-order valence-corrected chi connectivity index (χ2v) is 5.25. The number of hydrogen-bond donors (Lipinski definition) is 2. The highest BCUT2D eigenvalue weighted by Crippen LogP contribution is 2.31. The van der Waals surface area contributed by atoms with Crippen LogP contribution in [0.25, 0.3) is 0 Å². The van der Waals surface area contributed by atoms with Crippen LogP contribution in [-0.2, 0) is 6.18 Å². The molecule has 1 aromatic rings. The molecule has 4 nitrogen and oxygen atoms in total. The Bertz CT molecular complexity index is 475. The number of amidine groups is 1. The van der Waals surface area contributed by atoms with Crippen molar-refractivity contribution in [1.29, 1.82) is 0 Å². The lowest BCUT2D eigenvalue weighted by molar-refractivity contribution is -0.141. The van der Waals surface area contributed by atoms with Crippen LogP contribution in [0, 0.1) is 5.92 Å². The molecule has 0 amide bonds. The Kier molecular flexibility index (Phi) is 5.04. The lowest BCUT2D eigenvalue weighted by Crippen LogP contribution is -2.17. The van der Waals surface area contributed by atoms with Gasteiger partial charge in [-0.2, -0.15) is 13.2 Å². The second-order valence-electron chi connectivity index (χ2n) is 4.24. The molecule has 0 aliphatic heterocycles. The van der Waals surface area contributed by atoms with Gasteiger partial charge in [0.05, 0.1) is 5.56 Å². The van der Waals surface area contributed by atoms with Crippen LogP contribution in [-0.4, -0.2) is 21.8 Å². The minimum atomic E-state index is -4.52. The Morgan fingerprint density at radius 1 is 1.47 bits per heavy atom. The van der Waals surface area contributed by atoms with Crippen molar-refractivity contribution in [1.82, 2.24) is 4.98 Å². The van der Waals surface area contributed by atoms with Gasteiger partial charge in [0.15, 0.2) is 5.84 Å². The van der Waals surface area contributed by atoms with Gasteiger partial charge in [-0.05, 0) is 18.1 Å². The van der Waals surface area contributed by atoms with Gasteiger partial charge in [-0.25, -0.2) is 4.98 Å². The maximum absolute atomic E-state index is 12.6. The van der Waals surface area contributed by atoms with Crippen LogP contribution in [0.1, 0.15) is 25.1 Å². The minimum absolute atomic E-state index is 0.110. The summed E-state index contributed by atoms with van der Waals surface area (Å²) < 4.78 is 37.8. The predicted molar refractivity (Wildman–Crippen MR) is 67.3 cm³/mol. The predicted octanol–water partition coefficient (Wildman–Crippen LogP) is 2.94. The van der Waals surface area contributed by atoms with E-state index >= 15 is 0 Å². The summed E-state index contributed by atoms with van der Waals surface area (Å²) in [7, 11) is 0. The third-order valence-corrected chi connectivity index (χ3v) is 3.51. The van der Waals surface area contributed by atoms with Gasteiger partial charge < -0.3 is 10.9 Å². The third-order valence-electron chi connectivity index (χ3n) is 2.09. The monoisotopic (exact) mass is 293 g/mol. The zero-order valence-corrected chi connectivity index (χ0v) is 11.2. The van der Waals surface area contributed by atoms with E-state index < -0.39 is 11.9 Å². The number of rotatable bonds is 4. The molecule has 1 heterocycles. The molecule has 0 saturated carbocycles. The zero-order chi connectivity index (χ0) is 14.6. The first-order valence-electron chi connectivity index (χ1n) is 5.44. The van der Waals surface area contributed by atoms with E-state index in [1.54, 1.807) is 0 Å². The molecule has 0 saturated heterocycles. The molecule has 19 heavy (non-hydrogen) atoms. The van der Waals surface area contributed by atoms with E-state index in [2.05, 4.69) is 10.1 Å². The van der Waals surface area contributed by atoms with Crippen LogP contribution in [0.2, 0.25) is 0 Å². The van der Waals surface area contributed by atoms with Crippen LogP contribution in [0.5, 0.6) is 0 Å². The fourth-order valence-corrected chi connectivity index (χ4v) is 2.18. The summed E-state index contributed by atoms with van der Waals surface area (Å²) in [6.07, 6.45) is -4.52. The summed E-state index contributed by atoms with van der Waals surface area (Å²) in [4.78, 5) is 3.55. The summed E-state index contributed by atoms with van der Waals surface area (Å²) in [5.74, 6) is 0.606. The maximum Gasteiger partial charge on any atom is 0.433 e. The molecule has 0 atom stereocenters. The lowest BCUT2D eigenvalue weighted by atomic mass is 10.2. The normalized spacial score (nSPS) is 13.1. The van der Waals surface area contributed by atoms with E-state index in [0.29, 0.717) is 5.75 Å². The van der Waals surface area contributed by atoms with Gasteiger partial charge in [0.1, 0.15) is 10.7 Å². The van der Waals surface area contributed by atoms with E-state index in [-0.39, 0.29) is 22.3 Å². The average molecular weight is 293 g/mol. The van der Waals surface area contributed by atoms with Crippen molar-refractivity contribution in [3.8, 4) is 0 Å². The molecule has 0 aliphatic rings. The van der Waals surface area contributed by atoms with Gasteiger partial charge in [0, 0.05) is 5.75 Å². The second kappa shape index (κ2) is 6.14. The first kappa shape index (κ1) is 15.6. The molecular formula is C11H14F3N3OS. The Morgan fingerprint density at radius 3 is 2.58 bits per heavy atom. The van der Waals surface area contributed by atoms with Crippen LogP contribution in [0.4, 0.5) is 13.2 Å². The number of nitrogens with zero attached hydrogens (tertiary/aromatic N) is 2. The van der Waals surface area contributed by atoms with Crippen LogP contribution in [0.15, 0.2) is 22.3 Å². The number of halogens is 3. The van der Waals surface area contributed by atoms with E-state index in [4.69, 9.17) is 10.9 Å². The van der Waals surface area contributed by atoms with E-state index in [0.717, 1.165) is 23.9 Å². The number of thioether (sulfide) groups is 1. The van der Waals surface area contributed by atoms with Gasteiger partial charge in [0.25, 0.3) is 0 Å². The fraction of sp³-hybridized carbons (Fsp3) is 0.455. The van der Waals surface area contributed by atoms with E-state index in [1.807, 2.05) is 13.8 Å². The molecule has 106 valence electrons. The number of pyridine rings is 1. The summed E-state index contributed by atoms with van der Waals surface area (Å²) in [5, 5.41) is 11.5. The van der Waals surface area contributed by atoms with Gasteiger partial charge in [-0.15, -0.1) is 11.8 Å². The lowest BCUT2D eigenvalue weighted by Gasteiger charge is -2.12. The van der Waals surface area contributed by atoms with Crippen molar-refractivity contribution >= 4 is 17.6 Å². The zero-order valence-electron chi connectivity index (χ0n) is 10.4. The smallest absolute Gasteiger partial charge is 0.409 e. The topological polar surface area (TPSA) is 71.5 Å². The number of oxime groups is 1. The Labute approximate surface area is 112 Å². The highest BCUT2D eigenvalue weighted by atomic mass is 32.2. The van der Waals surface area contributed by atoms with Crippen molar-refractivity contribution in [2.75, 3.05) is 5.75 Å². The number of aromatic nitrogens is 1. The van der Waals surface area contributed by atoms with Gasteiger partial charge in [0.2, 0.25) is 0 Å². The summed E-state index contributed by atoms with van der Waals surface area (Å²) in [5.41, 5.74) is 4.63. The molecule has 0 unspecified atom stereocenters. The van der Waals surface area contributed by atoms with Crippen molar-refractivity contribution in [3.63, 3.8) is 0 Å². The summed E-state index contributed by atoms with van der Waals surface area (Å²) >= 11 is 1.15. The Hall–Kier alpha value is -1.44. The third kappa shape index (κ3) is 4.30. The molecule has 0 radical (unpaired) electrons. The van der Waals surface area contributed by atoms with Crippen LogP contribution in [0.3, 0.4) is 0 Å². The number of hydrogen-bond acceptors (Lipinski definition) is 4. The molecule has 0 aliphatic carbocycles. The Balaban J connectivity index is 3.18. The molecule has 0 fully saturated rings. The molecule has 0 bridgehead atoms. The Morgan fingerprint density at radius 2 is 2.11 bits per heavy atom. The number of nitrogens with two attached hydrogens (primary N) is 1. The number of alkyl halides is 3. The molecule has 1 aromatic heterocycles. The highest BCUT2D eigenvalue weighted by molar-refractivity contribution is 7.99. The fourth-order valence-electron chi connectivity index (χ4n) is 1.20. The van der Waals surface area contributed by atoms with E-state index in [9.17, 15) is 13.2 Å².